The summed E-state index contributed by atoms with van der Waals surface area (Å²) in [6.07, 6.45) is 3.38. The zero-order valence-corrected chi connectivity index (χ0v) is 12.1. The summed E-state index contributed by atoms with van der Waals surface area (Å²) in [5, 5.41) is 3.21. The highest BCUT2D eigenvalue weighted by Gasteiger charge is 2.04. The van der Waals surface area contributed by atoms with Gasteiger partial charge in [0.25, 0.3) is 0 Å². The van der Waals surface area contributed by atoms with E-state index >= 15 is 0 Å². The molecule has 0 radical (unpaired) electrons. The van der Waals surface area contributed by atoms with E-state index < -0.39 is 0 Å². The van der Waals surface area contributed by atoms with Crippen LogP contribution in [0.25, 0.3) is 0 Å². The predicted molar refractivity (Wildman–Crippen MR) is 75.8 cm³/mol. The predicted octanol–water partition coefficient (Wildman–Crippen LogP) is 3.89. The minimum Gasteiger partial charge on any atom is -0.456 e. The van der Waals surface area contributed by atoms with E-state index in [4.69, 9.17) is 4.74 Å². The maximum absolute atomic E-state index is 13.4. The topological polar surface area (TPSA) is 34.2 Å². The Balaban J connectivity index is 2.11. The molecule has 0 unspecified atom stereocenters. The molecule has 1 heterocycles. The first-order valence-electron chi connectivity index (χ1n) is 5.96. The molecule has 1 aromatic heterocycles. The van der Waals surface area contributed by atoms with E-state index in [0.29, 0.717) is 16.0 Å². The van der Waals surface area contributed by atoms with Crippen LogP contribution in [0.5, 0.6) is 11.5 Å². The Morgan fingerprint density at radius 1 is 1.26 bits per heavy atom. The van der Waals surface area contributed by atoms with Gasteiger partial charge < -0.3 is 10.1 Å². The number of ether oxygens (including phenoxy) is 1. The summed E-state index contributed by atoms with van der Waals surface area (Å²) in [4.78, 5) is 4.11. The van der Waals surface area contributed by atoms with Crippen molar-refractivity contribution in [1.29, 1.82) is 0 Å². The van der Waals surface area contributed by atoms with E-state index in [1.807, 2.05) is 13.0 Å². The van der Waals surface area contributed by atoms with Gasteiger partial charge in [0.2, 0.25) is 0 Å². The van der Waals surface area contributed by atoms with Crippen LogP contribution in [0.2, 0.25) is 0 Å². The molecule has 0 aliphatic heterocycles. The van der Waals surface area contributed by atoms with Crippen LogP contribution in [0.4, 0.5) is 4.39 Å². The first kappa shape index (κ1) is 14.0. The van der Waals surface area contributed by atoms with E-state index in [0.717, 1.165) is 18.7 Å². The Kier molecular flexibility index (Phi) is 4.87. The van der Waals surface area contributed by atoms with Gasteiger partial charge in [-0.2, -0.15) is 0 Å². The number of halogens is 2. The lowest BCUT2D eigenvalue weighted by atomic mass is 10.2. The molecule has 1 aromatic carbocycles. The summed E-state index contributed by atoms with van der Waals surface area (Å²) in [6.45, 7) is 3.66. The van der Waals surface area contributed by atoms with Crippen LogP contribution in [0.15, 0.2) is 41.1 Å². The maximum Gasteiger partial charge on any atom is 0.146 e. The molecule has 100 valence electrons. The molecule has 5 heteroatoms. The van der Waals surface area contributed by atoms with Crippen LogP contribution in [0.1, 0.15) is 12.5 Å². The number of nitrogens with zero attached hydrogens (tertiary/aromatic N) is 1. The average Bonchev–Trinajstić information content (AvgIpc) is 2.41. The molecule has 0 fully saturated rings. The Labute approximate surface area is 119 Å². The molecule has 0 saturated carbocycles. The van der Waals surface area contributed by atoms with E-state index in [9.17, 15) is 4.39 Å². The monoisotopic (exact) mass is 324 g/mol. The molecule has 0 amide bonds. The molecule has 0 spiro atoms. The molecule has 0 aliphatic rings. The Morgan fingerprint density at radius 2 is 2.11 bits per heavy atom. The van der Waals surface area contributed by atoms with Crippen LogP contribution in [0.3, 0.4) is 0 Å². The summed E-state index contributed by atoms with van der Waals surface area (Å²) in [5.41, 5.74) is 1.02. The van der Waals surface area contributed by atoms with Gasteiger partial charge in [0.05, 0.1) is 10.7 Å². The second kappa shape index (κ2) is 6.63. The van der Waals surface area contributed by atoms with Gasteiger partial charge in [0, 0.05) is 18.8 Å². The van der Waals surface area contributed by atoms with Crippen molar-refractivity contribution in [2.45, 2.75) is 13.5 Å². The van der Waals surface area contributed by atoms with Gasteiger partial charge >= 0.3 is 0 Å². The molecule has 0 atom stereocenters. The standard InChI is InChI=1S/C14H14BrFN2O/c1-2-17-7-10-5-12(9-18-8-10)19-11-3-4-13(15)14(16)6-11/h3-6,8-9,17H,2,7H2,1H3. The van der Waals surface area contributed by atoms with Crippen LogP contribution in [0, 0.1) is 5.82 Å². The number of aromatic nitrogens is 1. The average molecular weight is 325 g/mol. The van der Waals surface area contributed by atoms with E-state index in [-0.39, 0.29) is 5.82 Å². The second-order valence-electron chi connectivity index (χ2n) is 3.99. The highest BCUT2D eigenvalue weighted by Crippen LogP contribution is 2.25. The number of pyridine rings is 1. The lowest BCUT2D eigenvalue weighted by Crippen LogP contribution is -2.11. The fourth-order valence-corrected chi connectivity index (χ4v) is 1.81. The summed E-state index contributed by atoms with van der Waals surface area (Å²) >= 11 is 3.10. The Bertz CT molecular complexity index is 563. The SMILES string of the molecule is CCNCc1cncc(Oc2ccc(Br)c(F)c2)c1. The third kappa shape index (κ3) is 4.01. The summed E-state index contributed by atoms with van der Waals surface area (Å²) < 4.78 is 19.4. The smallest absolute Gasteiger partial charge is 0.146 e. The third-order valence-electron chi connectivity index (χ3n) is 2.48. The molecule has 0 saturated heterocycles. The van der Waals surface area contributed by atoms with Crippen molar-refractivity contribution < 1.29 is 9.13 Å². The van der Waals surface area contributed by atoms with E-state index in [1.165, 1.54) is 6.07 Å². The second-order valence-corrected chi connectivity index (χ2v) is 4.84. The zero-order valence-electron chi connectivity index (χ0n) is 10.5. The fraction of sp³-hybridized carbons (Fsp3) is 0.214. The highest BCUT2D eigenvalue weighted by molar-refractivity contribution is 9.10. The minimum atomic E-state index is -0.353. The summed E-state index contributed by atoms with van der Waals surface area (Å²) in [6, 6.07) is 6.53. The quantitative estimate of drug-likeness (QED) is 0.906. The van der Waals surface area contributed by atoms with Gasteiger partial charge in [-0.15, -0.1) is 0 Å². The van der Waals surface area contributed by atoms with Crippen molar-refractivity contribution in [3.05, 3.63) is 52.5 Å². The molecular formula is C14H14BrFN2O. The van der Waals surface area contributed by atoms with Crippen molar-refractivity contribution in [1.82, 2.24) is 10.3 Å². The first-order valence-corrected chi connectivity index (χ1v) is 6.76. The summed E-state index contributed by atoms with van der Waals surface area (Å²) in [5.74, 6) is 0.689. The Morgan fingerprint density at radius 3 is 2.84 bits per heavy atom. The minimum absolute atomic E-state index is 0.353. The Hall–Kier alpha value is -1.46. The molecule has 3 nitrogen and oxygen atoms in total. The molecular weight excluding hydrogens is 311 g/mol. The molecule has 2 aromatic rings. The van der Waals surface area contributed by atoms with Crippen molar-refractivity contribution >= 4 is 15.9 Å². The molecule has 2 rings (SSSR count). The van der Waals surface area contributed by atoms with Crippen molar-refractivity contribution in [2.24, 2.45) is 0 Å². The van der Waals surface area contributed by atoms with Gasteiger partial charge in [0.15, 0.2) is 0 Å². The van der Waals surface area contributed by atoms with E-state index in [2.05, 4.69) is 26.2 Å². The number of hydrogen-bond acceptors (Lipinski definition) is 3. The fourth-order valence-electron chi connectivity index (χ4n) is 1.56. The van der Waals surface area contributed by atoms with Crippen molar-refractivity contribution in [3.63, 3.8) is 0 Å². The summed E-state index contributed by atoms with van der Waals surface area (Å²) in [7, 11) is 0. The number of benzene rings is 1. The maximum atomic E-state index is 13.4. The van der Waals surface area contributed by atoms with E-state index in [1.54, 1.807) is 24.5 Å². The van der Waals surface area contributed by atoms with Crippen LogP contribution in [-0.2, 0) is 6.54 Å². The molecule has 19 heavy (non-hydrogen) atoms. The lowest BCUT2D eigenvalue weighted by molar-refractivity contribution is 0.473. The van der Waals surface area contributed by atoms with Crippen LogP contribution in [-0.4, -0.2) is 11.5 Å². The number of nitrogens with one attached hydrogen (secondary N) is 1. The first-order chi connectivity index (χ1) is 9.19. The van der Waals surface area contributed by atoms with Gasteiger partial charge in [-0.3, -0.25) is 4.98 Å². The van der Waals surface area contributed by atoms with Gasteiger partial charge in [0.1, 0.15) is 17.3 Å². The lowest BCUT2D eigenvalue weighted by Gasteiger charge is -2.08. The zero-order chi connectivity index (χ0) is 13.7. The largest absolute Gasteiger partial charge is 0.456 e. The highest BCUT2D eigenvalue weighted by atomic mass is 79.9. The molecule has 0 aliphatic carbocycles. The number of hydrogen-bond donors (Lipinski definition) is 1. The molecule has 1 N–H and O–H groups in total. The third-order valence-corrected chi connectivity index (χ3v) is 3.12. The van der Waals surface area contributed by atoms with Gasteiger partial charge in [-0.05, 0) is 46.2 Å². The van der Waals surface area contributed by atoms with Gasteiger partial charge in [-0.25, -0.2) is 4.39 Å². The molecule has 0 bridgehead atoms. The van der Waals surface area contributed by atoms with Crippen molar-refractivity contribution in [2.75, 3.05) is 6.54 Å². The normalized spacial score (nSPS) is 10.5. The van der Waals surface area contributed by atoms with Gasteiger partial charge in [-0.1, -0.05) is 6.92 Å². The van der Waals surface area contributed by atoms with Crippen LogP contribution < -0.4 is 10.1 Å². The van der Waals surface area contributed by atoms with Crippen molar-refractivity contribution in [3.8, 4) is 11.5 Å². The van der Waals surface area contributed by atoms with Crippen LogP contribution >= 0.6 is 15.9 Å². The number of rotatable bonds is 5.